The summed E-state index contributed by atoms with van der Waals surface area (Å²) < 4.78 is 51.2. The summed E-state index contributed by atoms with van der Waals surface area (Å²) in [6.07, 6.45) is 0. The molecule has 0 fully saturated rings. The second kappa shape index (κ2) is 6.64. The maximum absolute atomic E-state index is 13.9. The van der Waals surface area contributed by atoms with Crippen molar-refractivity contribution in [3.63, 3.8) is 0 Å². The number of nitrogens with one attached hydrogen (secondary N) is 1. The molecule has 0 heterocycles. The monoisotopic (exact) mass is 359 g/mol. The normalized spacial score (nSPS) is 11.2. The SMILES string of the molecule is COc1cc(C)c(NS(=O)(=O)c2ccc(Cl)cc2F)cc1OC. The Labute approximate surface area is 139 Å². The molecule has 0 aliphatic rings. The third kappa shape index (κ3) is 3.68. The first-order chi connectivity index (χ1) is 10.8. The lowest BCUT2D eigenvalue weighted by molar-refractivity contribution is 0.355. The fourth-order valence-corrected chi connectivity index (χ4v) is 3.32. The summed E-state index contributed by atoms with van der Waals surface area (Å²) in [4.78, 5) is -0.490. The van der Waals surface area contributed by atoms with Crippen LogP contribution in [0, 0.1) is 12.7 Å². The highest BCUT2D eigenvalue weighted by Gasteiger charge is 2.21. The Bertz CT molecular complexity index is 840. The zero-order chi connectivity index (χ0) is 17.2. The number of aryl methyl sites for hydroxylation is 1. The standard InChI is InChI=1S/C15H15ClFNO4S/c1-9-6-13(21-2)14(22-3)8-12(9)18-23(19,20)15-5-4-10(16)7-11(15)17/h4-8,18H,1-3H3. The van der Waals surface area contributed by atoms with E-state index in [1.54, 1.807) is 13.0 Å². The lowest BCUT2D eigenvalue weighted by Gasteiger charge is -2.15. The van der Waals surface area contributed by atoms with Gasteiger partial charge in [-0.05, 0) is 36.8 Å². The van der Waals surface area contributed by atoms with Crippen LogP contribution in [0.25, 0.3) is 0 Å². The average molecular weight is 360 g/mol. The van der Waals surface area contributed by atoms with Crippen LogP contribution in [-0.2, 0) is 10.0 Å². The van der Waals surface area contributed by atoms with Crippen LogP contribution in [0.4, 0.5) is 10.1 Å². The highest BCUT2D eigenvalue weighted by atomic mass is 35.5. The Kier molecular flexibility index (Phi) is 5.01. The van der Waals surface area contributed by atoms with Crippen molar-refractivity contribution in [1.82, 2.24) is 0 Å². The van der Waals surface area contributed by atoms with Gasteiger partial charge in [-0.1, -0.05) is 11.6 Å². The van der Waals surface area contributed by atoms with Gasteiger partial charge in [0.2, 0.25) is 0 Å². The lowest BCUT2D eigenvalue weighted by atomic mass is 10.2. The molecule has 0 aliphatic carbocycles. The average Bonchev–Trinajstić information content (AvgIpc) is 2.48. The van der Waals surface area contributed by atoms with Crippen molar-refractivity contribution in [1.29, 1.82) is 0 Å². The van der Waals surface area contributed by atoms with Crippen LogP contribution in [0.5, 0.6) is 11.5 Å². The van der Waals surface area contributed by atoms with Crippen molar-refractivity contribution in [3.8, 4) is 11.5 Å². The van der Waals surface area contributed by atoms with Gasteiger partial charge in [-0.2, -0.15) is 0 Å². The molecule has 0 radical (unpaired) electrons. The molecule has 5 nitrogen and oxygen atoms in total. The van der Waals surface area contributed by atoms with Crippen LogP contribution >= 0.6 is 11.6 Å². The van der Waals surface area contributed by atoms with Crippen molar-refractivity contribution in [2.75, 3.05) is 18.9 Å². The van der Waals surface area contributed by atoms with Crippen molar-refractivity contribution < 1.29 is 22.3 Å². The molecule has 0 saturated heterocycles. The summed E-state index contributed by atoms with van der Waals surface area (Å²) in [5.74, 6) is -0.110. The Hall–Kier alpha value is -1.99. The minimum atomic E-state index is -4.11. The van der Waals surface area contributed by atoms with Crippen LogP contribution in [0.1, 0.15) is 5.56 Å². The van der Waals surface area contributed by atoms with E-state index in [2.05, 4.69) is 4.72 Å². The van der Waals surface area contributed by atoms with E-state index in [1.807, 2.05) is 0 Å². The largest absolute Gasteiger partial charge is 0.493 e. The van der Waals surface area contributed by atoms with Gasteiger partial charge < -0.3 is 9.47 Å². The van der Waals surface area contributed by atoms with Crippen LogP contribution in [0.3, 0.4) is 0 Å². The van der Waals surface area contributed by atoms with E-state index in [-0.39, 0.29) is 10.7 Å². The molecule has 2 aromatic rings. The molecular formula is C15H15ClFNO4S. The molecule has 0 atom stereocenters. The molecule has 1 N–H and O–H groups in total. The van der Waals surface area contributed by atoms with Crippen LogP contribution in [0.2, 0.25) is 5.02 Å². The summed E-state index contributed by atoms with van der Waals surface area (Å²) in [5, 5.41) is 0.115. The Morgan fingerprint density at radius 1 is 1.09 bits per heavy atom. The van der Waals surface area contributed by atoms with E-state index in [0.29, 0.717) is 17.1 Å². The number of sulfonamides is 1. The predicted molar refractivity (Wildman–Crippen MR) is 86.5 cm³/mol. The molecule has 2 rings (SSSR count). The summed E-state index contributed by atoms with van der Waals surface area (Å²) in [6.45, 7) is 1.69. The van der Waals surface area contributed by atoms with Crippen LogP contribution < -0.4 is 14.2 Å². The van der Waals surface area contributed by atoms with Crippen molar-refractivity contribution >= 4 is 27.3 Å². The molecule has 0 aromatic heterocycles. The van der Waals surface area contributed by atoms with E-state index in [1.165, 1.54) is 26.4 Å². The summed E-state index contributed by atoms with van der Waals surface area (Å²) in [7, 11) is -1.20. The maximum atomic E-state index is 13.9. The topological polar surface area (TPSA) is 64.6 Å². The molecule has 8 heteroatoms. The molecule has 2 aromatic carbocycles. The van der Waals surface area contributed by atoms with E-state index in [9.17, 15) is 12.8 Å². The Morgan fingerprint density at radius 2 is 1.70 bits per heavy atom. The zero-order valence-corrected chi connectivity index (χ0v) is 14.3. The smallest absolute Gasteiger partial charge is 0.264 e. The van der Waals surface area contributed by atoms with E-state index in [0.717, 1.165) is 12.1 Å². The van der Waals surface area contributed by atoms with E-state index >= 15 is 0 Å². The molecule has 0 amide bonds. The molecule has 0 aliphatic heterocycles. The zero-order valence-electron chi connectivity index (χ0n) is 12.7. The number of hydrogen-bond acceptors (Lipinski definition) is 4. The number of ether oxygens (including phenoxy) is 2. The van der Waals surface area contributed by atoms with Gasteiger partial charge in [0, 0.05) is 11.1 Å². The lowest BCUT2D eigenvalue weighted by Crippen LogP contribution is -2.15. The van der Waals surface area contributed by atoms with Crippen molar-refractivity contribution in [2.24, 2.45) is 0 Å². The third-order valence-corrected chi connectivity index (χ3v) is 4.79. The molecule has 0 saturated carbocycles. The Balaban J connectivity index is 2.45. The van der Waals surface area contributed by atoms with Crippen molar-refractivity contribution in [3.05, 3.63) is 46.7 Å². The predicted octanol–water partition coefficient (Wildman–Crippen LogP) is 3.61. The molecule has 0 unspecified atom stereocenters. The van der Waals surface area contributed by atoms with E-state index in [4.69, 9.17) is 21.1 Å². The Morgan fingerprint density at radius 3 is 2.26 bits per heavy atom. The highest BCUT2D eigenvalue weighted by molar-refractivity contribution is 7.92. The van der Waals surface area contributed by atoms with Gasteiger partial charge in [0.15, 0.2) is 11.5 Å². The minimum Gasteiger partial charge on any atom is -0.493 e. The number of halogens is 2. The number of benzene rings is 2. The highest BCUT2D eigenvalue weighted by Crippen LogP contribution is 2.34. The van der Waals surface area contributed by atoms with Gasteiger partial charge in [-0.15, -0.1) is 0 Å². The summed E-state index contributed by atoms with van der Waals surface area (Å²) >= 11 is 5.64. The van der Waals surface area contributed by atoms with Gasteiger partial charge in [0.25, 0.3) is 10.0 Å². The van der Waals surface area contributed by atoms with Gasteiger partial charge in [-0.3, -0.25) is 4.72 Å². The molecule has 23 heavy (non-hydrogen) atoms. The van der Waals surface area contributed by atoms with Crippen LogP contribution in [-0.4, -0.2) is 22.6 Å². The number of rotatable bonds is 5. The fraction of sp³-hybridized carbons (Fsp3) is 0.200. The van der Waals surface area contributed by atoms with Crippen molar-refractivity contribution in [2.45, 2.75) is 11.8 Å². The second-order valence-electron chi connectivity index (χ2n) is 4.70. The second-order valence-corrected chi connectivity index (χ2v) is 6.79. The van der Waals surface area contributed by atoms with Gasteiger partial charge in [0.1, 0.15) is 10.7 Å². The number of methoxy groups -OCH3 is 2. The van der Waals surface area contributed by atoms with Crippen LogP contribution in [0.15, 0.2) is 35.2 Å². The molecular weight excluding hydrogens is 345 g/mol. The van der Waals surface area contributed by atoms with Gasteiger partial charge >= 0.3 is 0 Å². The van der Waals surface area contributed by atoms with Gasteiger partial charge in [0.05, 0.1) is 19.9 Å². The summed E-state index contributed by atoms with van der Waals surface area (Å²) in [6, 6.07) is 6.45. The molecule has 0 bridgehead atoms. The number of hydrogen-bond donors (Lipinski definition) is 1. The molecule has 124 valence electrons. The van der Waals surface area contributed by atoms with E-state index < -0.39 is 20.7 Å². The van der Waals surface area contributed by atoms with Gasteiger partial charge in [-0.25, -0.2) is 12.8 Å². The molecule has 0 spiro atoms. The minimum absolute atomic E-state index is 0.115. The fourth-order valence-electron chi connectivity index (χ4n) is 1.98. The first kappa shape index (κ1) is 17.4. The number of anilines is 1. The maximum Gasteiger partial charge on any atom is 0.264 e. The summed E-state index contributed by atoms with van der Waals surface area (Å²) in [5.41, 5.74) is 0.859. The first-order valence-corrected chi connectivity index (χ1v) is 8.35. The quantitative estimate of drug-likeness (QED) is 0.885. The third-order valence-electron chi connectivity index (χ3n) is 3.16. The first-order valence-electron chi connectivity index (χ1n) is 6.49.